The predicted octanol–water partition coefficient (Wildman–Crippen LogP) is 1.62. The quantitative estimate of drug-likeness (QED) is 0.677. The summed E-state index contributed by atoms with van der Waals surface area (Å²) in [5.74, 6) is 0.0109. The Morgan fingerprint density at radius 3 is 2.53 bits per heavy atom. The number of hydrogen-bond acceptors (Lipinski definition) is 7. The zero-order valence-electron chi connectivity index (χ0n) is 17.5. The Labute approximate surface area is 176 Å². The van der Waals surface area contributed by atoms with Crippen LogP contribution in [-0.2, 0) is 10.0 Å². The van der Waals surface area contributed by atoms with Crippen LogP contribution in [0.3, 0.4) is 0 Å². The second kappa shape index (κ2) is 9.25. The van der Waals surface area contributed by atoms with Gasteiger partial charge in [0.05, 0.1) is 17.2 Å². The van der Waals surface area contributed by atoms with Gasteiger partial charge in [0, 0.05) is 44.8 Å². The van der Waals surface area contributed by atoms with Crippen LogP contribution in [0.4, 0.5) is 5.69 Å². The molecular weight excluding hydrogens is 408 g/mol. The van der Waals surface area contributed by atoms with Crippen LogP contribution in [0.25, 0.3) is 0 Å². The Morgan fingerprint density at radius 2 is 1.97 bits per heavy atom. The van der Waals surface area contributed by atoms with Crippen LogP contribution < -0.4 is 5.32 Å². The summed E-state index contributed by atoms with van der Waals surface area (Å²) < 4.78 is 32.9. The number of sulfonamides is 1. The molecule has 1 amide bonds. The lowest BCUT2D eigenvalue weighted by Gasteiger charge is -2.37. The van der Waals surface area contributed by atoms with Crippen LogP contribution in [-0.4, -0.2) is 72.4 Å². The second-order valence-electron chi connectivity index (χ2n) is 7.31. The van der Waals surface area contributed by atoms with Gasteiger partial charge in [0.1, 0.15) is 0 Å². The van der Waals surface area contributed by atoms with Crippen LogP contribution in [0.15, 0.2) is 33.6 Å². The number of rotatable bonds is 7. The summed E-state index contributed by atoms with van der Waals surface area (Å²) in [5, 5.41) is 12.1. The van der Waals surface area contributed by atoms with Gasteiger partial charge < -0.3 is 14.8 Å². The normalized spacial score (nSPS) is 17.1. The number of aliphatic hydroxyl groups is 1. The Bertz CT molecular complexity index is 992. The van der Waals surface area contributed by atoms with E-state index in [-0.39, 0.29) is 23.3 Å². The molecule has 3 rings (SSSR count). The van der Waals surface area contributed by atoms with E-state index in [1.54, 1.807) is 26.0 Å². The third-order valence-corrected chi connectivity index (χ3v) is 7.21. The standard InChI is InChI=1S/C20H28N4O5S/c1-4-17(13-25)23-8-10-24(11-9-23)30(27,28)18-7-5-6-16(12-18)22-20(26)19-14(2)21-15(3)29-19/h5-7,12,17,25H,4,8-11,13H2,1-3H3,(H,22,26)/t17-/m0/s1. The summed E-state index contributed by atoms with van der Waals surface area (Å²) in [4.78, 5) is 18.7. The number of amides is 1. The fourth-order valence-electron chi connectivity index (χ4n) is 3.63. The SMILES string of the molecule is CC[C@@H](CO)N1CCN(S(=O)(=O)c2cccc(NC(=O)c3oc(C)nc3C)c2)CC1. The molecule has 1 atom stereocenters. The molecule has 2 N–H and O–H groups in total. The van der Waals surface area contributed by atoms with Crippen molar-refractivity contribution in [1.82, 2.24) is 14.2 Å². The van der Waals surface area contributed by atoms with Crippen LogP contribution in [0.5, 0.6) is 0 Å². The average Bonchev–Trinajstić information content (AvgIpc) is 3.07. The summed E-state index contributed by atoms with van der Waals surface area (Å²) in [6.45, 7) is 7.24. The highest BCUT2D eigenvalue weighted by atomic mass is 32.2. The smallest absolute Gasteiger partial charge is 0.293 e. The summed E-state index contributed by atoms with van der Waals surface area (Å²) in [7, 11) is -3.69. The van der Waals surface area contributed by atoms with Crippen LogP contribution in [0.2, 0.25) is 0 Å². The lowest BCUT2D eigenvalue weighted by molar-refractivity contribution is 0.0881. The lowest BCUT2D eigenvalue weighted by Crippen LogP contribution is -2.52. The van der Waals surface area contributed by atoms with Gasteiger partial charge >= 0.3 is 0 Å². The molecule has 1 saturated heterocycles. The van der Waals surface area contributed by atoms with E-state index >= 15 is 0 Å². The molecule has 30 heavy (non-hydrogen) atoms. The van der Waals surface area contributed by atoms with E-state index in [4.69, 9.17) is 4.42 Å². The van der Waals surface area contributed by atoms with Gasteiger partial charge in [0.25, 0.3) is 5.91 Å². The van der Waals surface area contributed by atoms with Gasteiger partial charge in [0.15, 0.2) is 5.89 Å². The minimum Gasteiger partial charge on any atom is -0.436 e. The lowest BCUT2D eigenvalue weighted by atomic mass is 10.2. The van der Waals surface area contributed by atoms with Crippen molar-refractivity contribution in [3.8, 4) is 0 Å². The number of aliphatic hydroxyl groups excluding tert-OH is 1. The maximum atomic E-state index is 13.1. The number of anilines is 1. The topological polar surface area (TPSA) is 116 Å². The highest BCUT2D eigenvalue weighted by Gasteiger charge is 2.30. The fourth-order valence-corrected chi connectivity index (χ4v) is 5.09. The molecule has 0 unspecified atom stereocenters. The molecule has 10 heteroatoms. The maximum Gasteiger partial charge on any atom is 0.293 e. The molecule has 0 radical (unpaired) electrons. The number of hydrogen-bond donors (Lipinski definition) is 2. The summed E-state index contributed by atoms with van der Waals surface area (Å²) >= 11 is 0. The number of aromatic nitrogens is 1. The number of piperazine rings is 1. The molecule has 1 fully saturated rings. The molecule has 0 bridgehead atoms. The zero-order chi connectivity index (χ0) is 21.9. The van der Waals surface area contributed by atoms with E-state index in [0.29, 0.717) is 43.5 Å². The molecular formula is C20H28N4O5S. The molecule has 1 aromatic carbocycles. The molecule has 1 aliphatic rings. The van der Waals surface area contributed by atoms with Gasteiger partial charge in [-0.2, -0.15) is 4.31 Å². The molecule has 2 aromatic rings. The molecule has 9 nitrogen and oxygen atoms in total. The van der Waals surface area contributed by atoms with Crippen molar-refractivity contribution < 1.29 is 22.7 Å². The summed E-state index contributed by atoms with van der Waals surface area (Å²) in [5.41, 5.74) is 0.833. The first-order chi connectivity index (χ1) is 14.3. The van der Waals surface area contributed by atoms with Crippen molar-refractivity contribution in [3.63, 3.8) is 0 Å². The summed E-state index contributed by atoms with van der Waals surface area (Å²) in [6, 6.07) is 6.23. The molecule has 0 saturated carbocycles. The molecule has 1 aliphatic heterocycles. The average molecular weight is 437 g/mol. The van der Waals surface area contributed by atoms with Crippen molar-refractivity contribution in [1.29, 1.82) is 0 Å². The van der Waals surface area contributed by atoms with Crippen molar-refractivity contribution in [2.75, 3.05) is 38.1 Å². The summed E-state index contributed by atoms with van der Waals surface area (Å²) in [6.07, 6.45) is 0.815. The number of oxazole rings is 1. The molecule has 2 heterocycles. The third kappa shape index (κ3) is 4.72. The fraction of sp³-hybridized carbons (Fsp3) is 0.500. The Morgan fingerprint density at radius 1 is 1.27 bits per heavy atom. The Hall–Kier alpha value is -2.27. The largest absolute Gasteiger partial charge is 0.436 e. The minimum absolute atomic E-state index is 0.0524. The Kier molecular flexibility index (Phi) is 6.91. The van der Waals surface area contributed by atoms with Crippen LogP contribution in [0, 0.1) is 13.8 Å². The number of benzene rings is 1. The van der Waals surface area contributed by atoms with E-state index in [0.717, 1.165) is 6.42 Å². The Balaban J connectivity index is 1.72. The van der Waals surface area contributed by atoms with E-state index in [9.17, 15) is 18.3 Å². The maximum absolute atomic E-state index is 13.1. The van der Waals surface area contributed by atoms with E-state index < -0.39 is 15.9 Å². The van der Waals surface area contributed by atoms with E-state index in [1.165, 1.54) is 16.4 Å². The van der Waals surface area contributed by atoms with Gasteiger partial charge in [-0.15, -0.1) is 0 Å². The van der Waals surface area contributed by atoms with Crippen molar-refractivity contribution in [3.05, 3.63) is 41.6 Å². The number of nitrogens with zero attached hydrogens (tertiary/aromatic N) is 3. The first kappa shape index (κ1) is 22.4. The van der Waals surface area contributed by atoms with Crippen LogP contribution in [0.1, 0.15) is 35.5 Å². The van der Waals surface area contributed by atoms with Gasteiger partial charge in [-0.25, -0.2) is 13.4 Å². The number of aryl methyl sites for hydroxylation is 2. The van der Waals surface area contributed by atoms with E-state index in [2.05, 4.69) is 15.2 Å². The highest BCUT2D eigenvalue weighted by molar-refractivity contribution is 7.89. The molecule has 164 valence electrons. The second-order valence-corrected chi connectivity index (χ2v) is 9.25. The highest BCUT2D eigenvalue weighted by Crippen LogP contribution is 2.22. The number of carbonyl (C=O) groups is 1. The van der Waals surface area contributed by atoms with Gasteiger partial charge in [0.2, 0.25) is 15.8 Å². The minimum atomic E-state index is -3.69. The van der Waals surface area contributed by atoms with Crippen LogP contribution >= 0.6 is 0 Å². The van der Waals surface area contributed by atoms with Gasteiger partial charge in [-0.1, -0.05) is 13.0 Å². The third-order valence-electron chi connectivity index (χ3n) is 5.31. The number of nitrogens with one attached hydrogen (secondary N) is 1. The molecule has 1 aromatic heterocycles. The van der Waals surface area contributed by atoms with Crippen molar-refractivity contribution >= 4 is 21.6 Å². The first-order valence-electron chi connectivity index (χ1n) is 9.96. The van der Waals surface area contributed by atoms with Crippen molar-refractivity contribution in [2.24, 2.45) is 0 Å². The van der Waals surface area contributed by atoms with Crippen molar-refractivity contribution in [2.45, 2.75) is 38.1 Å². The molecule has 0 aliphatic carbocycles. The predicted molar refractivity (Wildman–Crippen MR) is 112 cm³/mol. The first-order valence-corrected chi connectivity index (χ1v) is 11.4. The van der Waals surface area contributed by atoms with Gasteiger partial charge in [-0.05, 0) is 31.5 Å². The zero-order valence-corrected chi connectivity index (χ0v) is 18.3. The monoisotopic (exact) mass is 436 g/mol. The number of carbonyl (C=O) groups excluding carboxylic acids is 1. The van der Waals surface area contributed by atoms with E-state index in [1.807, 2.05) is 6.92 Å². The molecule has 0 spiro atoms. The van der Waals surface area contributed by atoms with Gasteiger partial charge in [-0.3, -0.25) is 9.69 Å².